The van der Waals surface area contributed by atoms with Crippen molar-refractivity contribution in [3.63, 3.8) is 0 Å². The molecule has 1 aromatic rings. The Hall–Kier alpha value is -1.44. The first-order chi connectivity index (χ1) is 13.9. The topological polar surface area (TPSA) is 69.7 Å². The molecule has 0 aromatic heterocycles. The molecule has 29 heavy (non-hydrogen) atoms. The van der Waals surface area contributed by atoms with Crippen molar-refractivity contribution in [2.45, 2.75) is 57.9 Å². The summed E-state index contributed by atoms with van der Waals surface area (Å²) in [7, 11) is -3.14. The van der Waals surface area contributed by atoms with Gasteiger partial charge in [-0.25, -0.2) is 8.42 Å². The number of aryl methyl sites for hydroxylation is 1. The number of nitrogens with one attached hydrogen (secondary N) is 1. The fraction of sp³-hybridized carbons (Fsp3) is 0.682. The summed E-state index contributed by atoms with van der Waals surface area (Å²) in [5.74, 6) is 0.198. The number of rotatable bonds is 7. The van der Waals surface area contributed by atoms with Gasteiger partial charge >= 0.3 is 0 Å². The molecule has 2 aliphatic rings. The van der Waals surface area contributed by atoms with Gasteiger partial charge in [0.25, 0.3) is 5.91 Å². The van der Waals surface area contributed by atoms with Crippen molar-refractivity contribution in [2.75, 3.05) is 38.5 Å². The first-order valence-electron chi connectivity index (χ1n) is 10.9. The number of carbonyl (C=O) groups is 1. The fourth-order valence-electron chi connectivity index (χ4n) is 4.69. The molecule has 0 bridgehead atoms. The van der Waals surface area contributed by atoms with Crippen molar-refractivity contribution in [1.29, 1.82) is 0 Å². The molecule has 0 atom stereocenters. The number of piperazine rings is 1. The van der Waals surface area contributed by atoms with E-state index in [0.717, 1.165) is 44.3 Å². The molecule has 0 spiro atoms. The Labute approximate surface area is 175 Å². The minimum absolute atomic E-state index is 0.0286. The number of nitrogens with zero attached hydrogens (tertiary/aromatic N) is 2. The van der Waals surface area contributed by atoms with Crippen LogP contribution in [0.5, 0.6) is 0 Å². The molecular weight excluding hydrogens is 386 g/mol. The summed E-state index contributed by atoms with van der Waals surface area (Å²) in [6, 6.07) is 7.66. The third-order valence-electron chi connectivity index (χ3n) is 6.44. The van der Waals surface area contributed by atoms with Gasteiger partial charge in [-0.05, 0) is 38.3 Å². The third-order valence-corrected chi connectivity index (χ3v) is 8.52. The second-order valence-electron chi connectivity index (χ2n) is 8.54. The Morgan fingerprint density at radius 1 is 1.03 bits per heavy atom. The van der Waals surface area contributed by atoms with E-state index >= 15 is 0 Å². The number of hydrogen-bond donors (Lipinski definition) is 1. The van der Waals surface area contributed by atoms with Crippen LogP contribution in [-0.2, 0) is 10.0 Å². The maximum absolute atomic E-state index is 12.7. The highest BCUT2D eigenvalue weighted by molar-refractivity contribution is 7.89. The summed E-state index contributed by atoms with van der Waals surface area (Å²) in [6.45, 7) is 7.13. The molecule has 6 nitrogen and oxygen atoms in total. The van der Waals surface area contributed by atoms with Crippen LogP contribution in [0.2, 0.25) is 0 Å². The van der Waals surface area contributed by atoms with Crippen molar-refractivity contribution < 1.29 is 13.2 Å². The average Bonchev–Trinajstić information content (AvgIpc) is 2.73. The summed E-state index contributed by atoms with van der Waals surface area (Å²) in [6.07, 6.45) is 6.32. The molecule has 1 N–H and O–H groups in total. The van der Waals surface area contributed by atoms with Gasteiger partial charge in [-0.15, -0.1) is 0 Å². The largest absolute Gasteiger partial charge is 0.350 e. The summed E-state index contributed by atoms with van der Waals surface area (Å²) in [4.78, 5) is 15.1. The monoisotopic (exact) mass is 421 g/mol. The van der Waals surface area contributed by atoms with E-state index in [0.29, 0.717) is 31.6 Å². The molecular formula is C22H35N3O3S. The van der Waals surface area contributed by atoms with Crippen LogP contribution in [-0.4, -0.2) is 67.5 Å². The van der Waals surface area contributed by atoms with Gasteiger partial charge in [0.15, 0.2) is 0 Å². The normalized spacial score (nSPS) is 21.0. The zero-order valence-corrected chi connectivity index (χ0v) is 18.6. The molecule has 7 heteroatoms. The van der Waals surface area contributed by atoms with E-state index in [4.69, 9.17) is 0 Å². The van der Waals surface area contributed by atoms with Crippen molar-refractivity contribution in [2.24, 2.45) is 0 Å². The molecule has 0 radical (unpaired) electrons. The number of carbonyl (C=O) groups excluding carboxylic acids is 1. The predicted molar refractivity (Wildman–Crippen MR) is 117 cm³/mol. The van der Waals surface area contributed by atoms with E-state index in [1.165, 1.54) is 6.42 Å². The molecule has 1 saturated carbocycles. The highest BCUT2D eigenvalue weighted by atomic mass is 32.2. The second kappa shape index (κ2) is 9.58. The average molecular weight is 422 g/mol. The van der Waals surface area contributed by atoms with Crippen LogP contribution >= 0.6 is 0 Å². The zero-order valence-electron chi connectivity index (χ0n) is 17.8. The third kappa shape index (κ3) is 5.38. The van der Waals surface area contributed by atoms with Gasteiger partial charge in [0.2, 0.25) is 10.0 Å². The zero-order chi connectivity index (χ0) is 20.9. The summed E-state index contributed by atoms with van der Waals surface area (Å²) in [5, 5.41) is 3.18. The van der Waals surface area contributed by atoms with E-state index in [9.17, 15) is 13.2 Å². The summed E-state index contributed by atoms with van der Waals surface area (Å²) < 4.78 is 26.4. The molecule has 1 aliphatic heterocycles. The van der Waals surface area contributed by atoms with Crippen LogP contribution < -0.4 is 5.32 Å². The summed E-state index contributed by atoms with van der Waals surface area (Å²) in [5.41, 5.74) is 1.78. The van der Waals surface area contributed by atoms with Crippen molar-refractivity contribution in [3.8, 4) is 0 Å². The van der Waals surface area contributed by atoms with E-state index in [-0.39, 0.29) is 17.2 Å². The second-order valence-corrected chi connectivity index (χ2v) is 10.6. The molecule has 1 aliphatic carbocycles. The van der Waals surface area contributed by atoms with Crippen LogP contribution in [0, 0.1) is 6.92 Å². The lowest BCUT2D eigenvalue weighted by Crippen LogP contribution is -2.62. The van der Waals surface area contributed by atoms with E-state index < -0.39 is 10.0 Å². The molecule has 1 amide bonds. The van der Waals surface area contributed by atoms with Crippen molar-refractivity contribution in [3.05, 3.63) is 35.4 Å². The molecule has 2 fully saturated rings. The highest BCUT2D eigenvalue weighted by Gasteiger charge is 2.40. The fourth-order valence-corrected chi connectivity index (χ4v) is 6.19. The maximum atomic E-state index is 12.7. The molecule has 3 rings (SSSR count). The quantitative estimate of drug-likeness (QED) is 0.735. The number of amides is 1. The molecule has 1 heterocycles. The summed E-state index contributed by atoms with van der Waals surface area (Å²) >= 11 is 0. The lowest BCUT2D eigenvalue weighted by molar-refractivity contribution is 0.0240. The van der Waals surface area contributed by atoms with Gasteiger partial charge in [-0.2, -0.15) is 4.31 Å². The Morgan fingerprint density at radius 3 is 2.24 bits per heavy atom. The maximum Gasteiger partial charge on any atom is 0.251 e. The van der Waals surface area contributed by atoms with Crippen LogP contribution in [0.3, 0.4) is 0 Å². The van der Waals surface area contributed by atoms with E-state index in [2.05, 4.69) is 10.2 Å². The lowest BCUT2D eigenvalue weighted by atomic mass is 9.79. The smallest absolute Gasteiger partial charge is 0.251 e. The van der Waals surface area contributed by atoms with Gasteiger partial charge in [-0.3, -0.25) is 9.69 Å². The van der Waals surface area contributed by atoms with Crippen molar-refractivity contribution in [1.82, 2.24) is 14.5 Å². The van der Waals surface area contributed by atoms with Crippen LogP contribution in [0.1, 0.15) is 61.4 Å². The van der Waals surface area contributed by atoms with Gasteiger partial charge < -0.3 is 5.32 Å². The Balaban J connectivity index is 1.64. The number of benzene rings is 1. The predicted octanol–water partition coefficient (Wildman–Crippen LogP) is 2.79. The Morgan fingerprint density at radius 2 is 1.66 bits per heavy atom. The van der Waals surface area contributed by atoms with Crippen LogP contribution in [0.25, 0.3) is 0 Å². The van der Waals surface area contributed by atoms with E-state index in [1.807, 2.05) is 38.1 Å². The first-order valence-corrected chi connectivity index (χ1v) is 12.5. The highest BCUT2D eigenvalue weighted by Crippen LogP contribution is 2.34. The minimum atomic E-state index is -3.14. The Kier molecular flexibility index (Phi) is 7.35. The van der Waals surface area contributed by atoms with Gasteiger partial charge in [0, 0.05) is 43.8 Å². The standard InChI is InChI=1S/C22H35N3O3S/c1-3-17-29(27,28)25-15-13-24(14-16-25)22(11-5-4-6-12-22)18-23-21(26)20-9-7-19(2)8-10-20/h7-10H,3-6,11-18H2,1-2H3,(H,23,26). The molecule has 0 unspecified atom stereocenters. The van der Waals surface area contributed by atoms with E-state index in [1.54, 1.807) is 4.31 Å². The number of sulfonamides is 1. The molecule has 1 aromatic carbocycles. The Bertz CT molecular complexity index is 778. The molecule has 1 saturated heterocycles. The lowest BCUT2D eigenvalue weighted by Gasteiger charge is -2.49. The van der Waals surface area contributed by atoms with Gasteiger partial charge in [0.05, 0.1) is 5.75 Å². The van der Waals surface area contributed by atoms with Gasteiger partial charge in [0.1, 0.15) is 0 Å². The van der Waals surface area contributed by atoms with Gasteiger partial charge in [-0.1, -0.05) is 43.9 Å². The first kappa shape index (κ1) is 22.2. The minimum Gasteiger partial charge on any atom is -0.350 e. The molecule has 162 valence electrons. The van der Waals surface area contributed by atoms with Crippen molar-refractivity contribution >= 4 is 15.9 Å². The number of hydrogen-bond acceptors (Lipinski definition) is 4. The van der Waals surface area contributed by atoms with Crippen LogP contribution in [0.15, 0.2) is 24.3 Å². The van der Waals surface area contributed by atoms with Crippen LogP contribution in [0.4, 0.5) is 0 Å². The SMILES string of the molecule is CCCS(=O)(=O)N1CCN(C2(CNC(=O)c3ccc(C)cc3)CCCCC2)CC1.